The quantitative estimate of drug-likeness (QED) is 0.766. The van der Waals surface area contributed by atoms with Gasteiger partial charge in [-0.3, -0.25) is 0 Å². The summed E-state index contributed by atoms with van der Waals surface area (Å²) < 4.78 is 5.46. The monoisotopic (exact) mass is 280 g/mol. The molecule has 0 spiro atoms. The van der Waals surface area contributed by atoms with Gasteiger partial charge in [-0.25, -0.2) is 9.78 Å². The second kappa shape index (κ2) is 7.85. The minimum absolute atomic E-state index is 0.108. The lowest BCUT2D eigenvalue weighted by Crippen LogP contribution is -2.31. The molecule has 0 aliphatic carbocycles. The van der Waals surface area contributed by atoms with Crippen LogP contribution in [-0.2, 0) is 11.2 Å². The summed E-state index contributed by atoms with van der Waals surface area (Å²) in [7, 11) is 0. The van der Waals surface area contributed by atoms with Crippen LogP contribution < -0.4 is 5.32 Å². The molecular weight excluding hydrogens is 256 g/mol. The molecule has 1 heterocycles. The second-order valence-corrected chi connectivity index (χ2v) is 5.05. The Morgan fingerprint density at radius 1 is 1.40 bits per heavy atom. The fourth-order valence-corrected chi connectivity index (χ4v) is 1.80. The zero-order valence-electron chi connectivity index (χ0n) is 12.6. The molecule has 0 radical (unpaired) electrons. The number of aromatic carboxylic acids is 1. The van der Waals surface area contributed by atoms with E-state index in [1.807, 2.05) is 13.8 Å². The van der Waals surface area contributed by atoms with E-state index in [-0.39, 0.29) is 11.6 Å². The molecule has 1 aromatic heterocycles. The van der Waals surface area contributed by atoms with E-state index in [1.165, 1.54) is 0 Å². The first-order chi connectivity index (χ1) is 9.47. The van der Waals surface area contributed by atoms with Crippen molar-refractivity contribution in [3.63, 3.8) is 0 Å². The fraction of sp³-hybridized carbons (Fsp3) is 0.600. The third-order valence-electron chi connectivity index (χ3n) is 3.13. The summed E-state index contributed by atoms with van der Waals surface area (Å²) in [5.74, 6) is 0.0260. The molecule has 0 aliphatic heterocycles. The number of hydrogen-bond acceptors (Lipinski definition) is 4. The highest BCUT2D eigenvalue weighted by molar-refractivity contribution is 5.88. The van der Waals surface area contributed by atoms with Crippen molar-refractivity contribution >= 4 is 11.8 Å². The van der Waals surface area contributed by atoms with Gasteiger partial charge in [0.15, 0.2) is 0 Å². The van der Waals surface area contributed by atoms with Crippen molar-refractivity contribution in [2.75, 3.05) is 18.5 Å². The van der Waals surface area contributed by atoms with E-state index in [4.69, 9.17) is 9.84 Å². The van der Waals surface area contributed by atoms with E-state index in [0.717, 1.165) is 5.69 Å². The fourth-order valence-electron chi connectivity index (χ4n) is 1.80. The predicted octanol–water partition coefficient (Wildman–Crippen LogP) is 2.82. The van der Waals surface area contributed by atoms with Crippen LogP contribution >= 0.6 is 0 Å². The SMILES string of the molecule is CCOCC(Nc1cc(C(=O)O)cc(CC)n1)C(C)C. The number of carboxylic acid groups (broad SMARTS) is 1. The molecule has 1 aromatic rings. The highest BCUT2D eigenvalue weighted by atomic mass is 16.5. The second-order valence-electron chi connectivity index (χ2n) is 5.05. The van der Waals surface area contributed by atoms with E-state index in [9.17, 15) is 4.79 Å². The average Bonchev–Trinajstić information content (AvgIpc) is 2.42. The average molecular weight is 280 g/mol. The van der Waals surface area contributed by atoms with Crippen LogP contribution in [0.5, 0.6) is 0 Å². The largest absolute Gasteiger partial charge is 0.478 e. The van der Waals surface area contributed by atoms with Crippen molar-refractivity contribution in [2.24, 2.45) is 5.92 Å². The van der Waals surface area contributed by atoms with Crippen LogP contribution in [0.3, 0.4) is 0 Å². The third-order valence-corrected chi connectivity index (χ3v) is 3.13. The van der Waals surface area contributed by atoms with Gasteiger partial charge >= 0.3 is 5.97 Å². The van der Waals surface area contributed by atoms with Gasteiger partial charge < -0.3 is 15.2 Å². The lowest BCUT2D eigenvalue weighted by molar-refractivity contribution is 0.0696. The maximum atomic E-state index is 11.1. The highest BCUT2D eigenvalue weighted by Crippen LogP contribution is 2.15. The van der Waals surface area contributed by atoms with Gasteiger partial charge in [0.2, 0.25) is 0 Å². The number of nitrogens with zero attached hydrogens (tertiary/aromatic N) is 1. The predicted molar refractivity (Wildman–Crippen MR) is 79.3 cm³/mol. The number of aryl methyl sites for hydroxylation is 1. The van der Waals surface area contributed by atoms with Crippen molar-refractivity contribution in [1.29, 1.82) is 0 Å². The summed E-state index contributed by atoms with van der Waals surface area (Å²) in [5, 5.41) is 12.4. The van der Waals surface area contributed by atoms with Gasteiger partial charge in [-0.2, -0.15) is 0 Å². The number of rotatable bonds is 8. The first-order valence-electron chi connectivity index (χ1n) is 7.06. The summed E-state index contributed by atoms with van der Waals surface area (Å²) >= 11 is 0. The Kier molecular flexibility index (Phi) is 6.45. The molecule has 5 heteroatoms. The summed E-state index contributed by atoms with van der Waals surface area (Å²) in [5.41, 5.74) is 1.03. The van der Waals surface area contributed by atoms with Gasteiger partial charge in [0, 0.05) is 12.3 Å². The van der Waals surface area contributed by atoms with E-state index < -0.39 is 5.97 Å². The molecule has 0 aliphatic rings. The maximum absolute atomic E-state index is 11.1. The van der Waals surface area contributed by atoms with Gasteiger partial charge in [0.25, 0.3) is 0 Å². The Hall–Kier alpha value is -1.62. The van der Waals surface area contributed by atoms with Crippen LogP contribution in [0.15, 0.2) is 12.1 Å². The molecule has 1 unspecified atom stereocenters. The normalized spacial score (nSPS) is 12.4. The molecule has 0 saturated heterocycles. The summed E-state index contributed by atoms with van der Waals surface area (Å²) in [6.07, 6.45) is 0.702. The molecule has 0 fully saturated rings. The van der Waals surface area contributed by atoms with Crippen LogP contribution in [0.4, 0.5) is 5.82 Å². The van der Waals surface area contributed by atoms with Gasteiger partial charge in [0.1, 0.15) is 5.82 Å². The lowest BCUT2D eigenvalue weighted by Gasteiger charge is -2.23. The van der Waals surface area contributed by atoms with Crippen molar-refractivity contribution in [3.05, 3.63) is 23.4 Å². The number of nitrogens with one attached hydrogen (secondary N) is 1. The van der Waals surface area contributed by atoms with Crippen molar-refractivity contribution in [1.82, 2.24) is 4.98 Å². The molecule has 1 rings (SSSR count). The van der Waals surface area contributed by atoms with Crippen LogP contribution in [-0.4, -0.2) is 35.3 Å². The molecule has 0 amide bonds. The van der Waals surface area contributed by atoms with Crippen LogP contribution in [0.25, 0.3) is 0 Å². The first-order valence-corrected chi connectivity index (χ1v) is 7.06. The first kappa shape index (κ1) is 16.4. The molecule has 2 N–H and O–H groups in total. The third kappa shape index (κ3) is 4.81. The number of carboxylic acids is 1. The number of pyridine rings is 1. The Morgan fingerprint density at radius 2 is 2.10 bits per heavy atom. The lowest BCUT2D eigenvalue weighted by atomic mass is 10.1. The topological polar surface area (TPSA) is 71.5 Å². The molecule has 1 atom stereocenters. The minimum Gasteiger partial charge on any atom is -0.478 e. The Labute approximate surface area is 120 Å². The van der Waals surface area contributed by atoms with Gasteiger partial charge in [-0.1, -0.05) is 20.8 Å². The van der Waals surface area contributed by atoms with Gasteiger partial charge in [0.05, 0.1) is 18.2 Å². The Balaban J connectivity index is 2.93. The van der Waals surface area contributed by atoms with Gasteiger partial charge in [-0.05, 0) is 31.4 Å². The van der Waals surface area contributed by atoms with E-state index >= 15 is 0 Å². The van der Waals surface area contributed by atoms with Crippen molar-refractivity contribution in [2.45, 2.75) is 40.2 Å². The maximum Gasteiger partial charge on any atom is 0.335 e. The zero-order valence-corrected chi connectivity index (χ0v) is 12.6. The number of ether oxygens (including phenoxy) is 1. The molecule has 0 aromatic carbocycles. The molecule has 0 saturated carbocycles. The van der Waals surface area contributed by atoms with Crippen molar-refractivity contribution in [3.8, 4) is 0 Å². The van der Waals surface area contributed by atoms with Crippen LogP contribution in [0, 0.1) is 5.92 Å². The van der Waals surface area contributed by atoms with Crippen LogP contribution in [0.1, 0.15) is 43.7 Å². The van der Waals surface area contributed by atoms with E-state index in [2.05, 4.69) is 24.1 Å². The minimum atomic E-state index is -0.934. The van der Waals surface area contributed by atoms with Gasteiger partial charge in [-0.15, -0.1) is 0 Å². The smallest absolute Gasteiger partial charge is 0.335 e. The molecular formula is C15H24N2O3. The molecule has 5 nitrogen and oxygen atoms in total. The number of anilines is 1. The number of hydrogen-bond donors (Lipinski definition) is 2. The Bertz CT molecular complexity index is 447. The van der Waals surface area contributed by atoms with E-state index in [1.54, 1.807) is 12.1 Å². The standard InChI is InChI=1S/C15H24N2O3/c1-5-12-7-11(15(18)19)8-14(16-12)17-13(10(3)4)9-20-6-2/h7-8,10,13H,5-6,9H2,1-4H3,(H,16,17)(H,18,19). The number of carbonyl (C=O) groups is 1. The van der Waals surface area contributed by atoms with E-state index in [0.29, 0.717) is 31.4 Å². The zero-order chi connectivity index (χ0) is 15.1. The highest BCUT2D eigenvalue weighted by Gasteiger charge is 2.15. The van der Waals surface area contributed by atoms with Crippen molar-refractivity contribution < 1.29 is 14.6 Å². The molecule has 112 valence electrons. The number of aromatic nitrogens is 1. The molecule has 0 bridgehead atoms. The molecule has 20 heavy (non-hydrogen) atoms. The van der Waals surface area contributed by atoms with Crippen LogP contribution in [0.2, 0.25) is 0 Å². The summed E-state index contributed by atoms with van der Waals surface area (Å²) in [4.78, 5) is 15.6. The summed E-state index contributed by atoms with van der Waals surface area (Å²) in [6, 6.07) is 3.29. The Morgan fingerprint density at radius 3 is 2.60 bits per heavy atom. The summed E-state index contributed by atoms with van der Waals surface area (Å²) in [6.45, 7) is 9.34.